The van der Waals surface area contributed by atoms with Crippen molar-refractivity contribution in [1.29, 1.82) is 0 Å². The van der Waals surface area contributed by atoms with Crippen LogP contribution in [-0.2, 0) is 20.8 Å². The quantitative estimate of drug-likeness (QED) is 0.726. The van der Waals surface area contributed by atoms with Crippen molar-refractivity contribution in [3.8, 4) is 11.5 Å². The van der Waals surface area contributed by atoms with Crippen molar-refractivity contribution in [1.82, 2.24) is 9.80 Å². The lowest BCUT2D eigenvalue weighted by Gasteiger charge is -2.32. The number of nitrogens with two attached hydrogens (primary N) is 1. The Labute approximate surface area is 170 Å². The van der Waals surface area contributed by atoms with Gasteiger partial charge in [0, 0.05) is 38.5 Å². The van der Waals surface area contributed by atoms with E-state index in [2.05, 4.69) is 0 Å². The minimum Gasteiger partial charge on any atom is -0.493 e. The van der Waals surface area contributed by atoms with E-state index in [0.717, 1.165) is 5.56 Å². The van der Waals surface area contributed by atoms with E-state index in [-0.39, 0.29) is 36.0 Å². The van der Waals surface area contributed by atoms with E-state index < -0.39 is 0 Å². The van der Waals surface area contributed by atoms with Crippen LogP contribution in [0.4, 0.5) is 0 Å². The minimum absolute atomic E-state index is 0.00915. The Morgan fingerprint density at radius 3 is 2.41 bits per heavy atom. The maximum atomic E-state index is 12.8. The molecule has 1 aromatic rings. The van der Waals surface area contributed by atoms with Crippen molar-refractivity contribution >= 4 is 17.7 Å². The summed E-state index contributed by atoms with van der Waals surface area (Å²) in [6.45, 7) is 2.06. The lowest BCUT2D eigenvalue weighted by Crippen LogP contribution is -2.44. The molecule has 3 amide bonds. The predicted molar refractivity (Wildman–Crippen MR) is 106 cm³/mol. The molecule has 2 aliphatic heterocycles. The Bertz CT molecular complexity index is 774. The zero-order valence-corrected chi connectivity index (χ0v) is 17.1. The van der Waals surface area contributed by atoms with Gasteiger partial charge in [0.05, 0.1) is 20.1 Å². The van der Waals surface area contributed by atoms with Gasteiger partial charge >= 0.3 is 0 Å². The van der Waals surface area contributed by atoms with Crippen LogP contribution < -0.4 is 15.2 Å². The van der Waals surface area contributed by atoms with E-state index >= 15 is 0 Å². The summed E-state index contributed by atoms with van der Waals surface area (Å²) in [6, 6.07) is 5.71. The highest BCUT2D eigenvalue weighted by atomic mass is 16.5. The molecular formula is C21H29N3O5. The average molecular weight is 403 g/mol. The summed E-state index contributed by atoms with van der Waals surface area (Å²) in [6.07, 6.45) is 2.13. The fourth-order valence-electron chi connectivity index (χ4n) is 4.10. The van der Waals surface area contributed by atoms with Gasteiger partial charge in [-0.15, -0.1) is 0 Å². The topological polar surface area (TPSA) is 102 Å². The molecule has 1 atom stereocenters. The van der Waals surface area contributed by atoms with Gasteiger partial charge in [-0.05, 0) is 37.0 Å². The zero-order chi connectivity index (χ0) is 21.0. The van der Waals surface area contributed by atoms with Crippen molar-refractivity contribution in [2.75, 3.05) is 40.4 Å². The van der Waals surface area contributed by atoms with Gasteiger partial charge < -0.3 is 25.0 Å². The van der Waals surface area contributed by atoms with Crippen LogP contribution in [0.5, 0.6) is 11.5 Å². The third kappa shape index (κ3) is 4.81. The van der Waals surface area contributed by atoms with E-state index in [0.29, 0.717) is 56.9 Å². The molecule has 8 nitrogen and oxygen atoms in total. The summed E-state index contributed by atoms with van der Waals surface area (Å²) < 4.78 is 10.6. The first kappa shape index (κ1) is 21.0. The number of piperidine rings is 1. The smallest absolute Gasteiger partial charge is 0.227 e. The van der Waals surface area contributed by atoms with E-state index in [1.54, 1.807) is 24.0 Å². The monoisotopic (exact) mass is 403 g/mol. The number of ether oxygens (including phenoxy) is 2. The maximum absolute atomic E-state index is 12.8. The number of methoxy groups -OCH3 is 2. The number of primary amides is 1. The molecule has 2 N–H and O–H groups in total. The first-order chi connectivity index (χ1) is 13.9. The molecular weight excluding hydrogens is 374 g/mol. The van der Waals surface area contributed by atoms with Gasteiger partial charge in [0.15, 0.2) is 11.5 Å². The molecule has 8 heteroatoms. The second-order valence-electron chi connectivity index (χ2n) is 7.68. The van der Waals surface area contributed by atoms with Gasteiger partial charge in [0.1, 0.15) is 0 Å². The van der Waals surface area contributed by atoms with Gasteiger partial charge in [0.2, 0.25) is 17.7 Å². The molecule has 1 aromatic carbocycles. The van der Waals surface area contributed by atoms with Crippen LogP contribution in [0.25, 0.3) is 0 Å². The Hall–Kier alpha value is -2.77. The number of amides is 3. The molecule has 0 saturated carbocycles. The Kier molecular flexibility index (Phi) is 6.61. The Morgan fingerprint density at radius 1 is 1.10 bits per heavy atom. The molecule has 29 heavy (non-hydrogen) atoms. The highest BCUT2D eigenvalue weighted by Gasteiger charge is 2.37. The lowest BCUT2D eigenvalue weighted by molar-refractivity contribution is -0.138. The minimum atomic E-state index is -0.307. The Balaban J connectivity index is 1.53. The van der Waals surface area contributed by atoms with Gasteiger partial charge in [-0.25, -0.2) is 0 Å². The van der Waals surface area contributed by atoms with Crippen LogP contribution in [-0.4, -0.2) is 67.9 Å². The number of carbonyl (C=O) groups is 3. The van der Waals surface area contributed by atoms with Crippen LogP contribution in [0.1, 0.15) is 24.8 Å². The van der Waals surface area contributed by atoms with Crippen LogP contribution in [0.2, 0.25) is 0 Å². The molecule has 0 unspecified atom stereocenters. The van der Waals surface area contributed by atoms with Crippen molar-refractivity contribution in [2.45, 2.75) is 25.7 Å². The van der Waals surface area contributed by atoms with Crippen LogP contribution in [0, 0.1) is 11.8 Å². The van der Waals surface area contributed by atoms with Gasteiger partial charge in [-0.2, -0.15) is 0 Å². The van der Waals surface area contributed by atoms with Gasteiger partial charge in [-0.3, -0.25) is 14.4 Å². The van der Waals surface area contributed by atoms with Crippen molar-refractivity contribution in [2.24, 2.45) is 17.6 Å². The van der Waals surface area contributed by atoms with Crippen LogP contribution >= 0.6 is 0 Å². The fourth-order valence-corrected chi connectivity index (χ4v) is 4.10. The second kappa shape index (κ2) is 9.15. The molecule has 3 rings (SSSR count). The molecule has 2 fully saturated rings. The number of hydrogen-bond donors (Lipinski definition) is 1. The number of nitrogens with zero attached hydrogens (tertiary/aromatic N) is 2. The zero-order valence-electron chi connectivity index (χ0n) is 17.1. The Morgan fingerprint density at radius 2 is 1.79 bits per heavy atom. The predicted octanol–water partition coefficient (Wildman–Crippen LogP) is 0.819. The molecule has 0 aromatic heterocycles. The van der Waals surface area contributed by atoms with E-state index in [9.17, 15) is 14.4 Å². The summed E-state index contributed by atoms with van der Waals surface area (Å²) >= 11 is 0. The molecule has 2 saturated heterocycles. The molecule has 0 bridgehead atoms. The molecule has 2 aliphatic rings. The SMILES string of the molecule is COc1ccc(CCN2C[C@H](C(=O)N3CCC(C(N)=O)CC3)CC2=O)cc1OC. The average Bonchev–Trinajstić information content (AvgIpc) is 3.12. The molecule has 158 valence electrons. The van der Waals surface area contributed by atoms with Crippen molar-refractivity contribution in [3.05, 3.63) is 23.8 Å². The maximum Gasteiger partial charge on any atom is 0.227 e. The molecule has 0 radical (unpaired) electrons. The van der Waals surface area contributed by atoms with Crippen LogP contribution in [0.15, 0.2) is 18.2 Å². The highest BCUT2D eigenvalue weighted by Crippen LogP contribution is 2.28. The summed E-state index contributed by atoms with van der Waals surface area (Å²) in [5, 5.41) is 0. The molecule has 0 spiro atoms. The largest absolute Gasteiger partial charge is 0.493 e. The van der Waals surface area contributed by atoms with Crippen LogP contribution in [0.3, 0.4) is 0 Å². The van der Waals surface area contributed by atoms with E-state index in [4.69, 9.17) is 15.2 Å². The standard InChI is InChI=1S/C21H29N3O5/c1-28-17-4-3-14(11-18(17)29-2)5-8-24-13-16(12-19(24)25)21(27)23-9-6-15(7-10-23)20(22)26/h3-4,11,15-16H,5-10,12-13H2,1-2H3,(H2,22,26)/t16-/m1/s1. The third-order valence-electron chi connectivity index (χ3n) is 5.89. The number of benzene rings is 1. The molecule has 2 heterocycles. The number of likely N-dealkylation sites (tertiary alicyclic amines) is 2. The second-order valence-corrected chi connectivity index (χ2v) is 7.68. The highest BCUT2D eigenvalue weighted by molar-refractivity contribution is 5.89. The third-order valence-corrected chi connectivity index (χ3v) is 5.89. The first-order valence-electron chi connectivity index (χ1n) is 9.99. The summed E-state index contributed by atoms with van der Waals surface area (Å²) in [5.41, 5.74) is 6.39. The number of carbonyl (C=O) groups excluding carboxylic acids is 3. The first-order valence-corrected chi connectivity index (χ1v) is 9.99. The van der Waals surface area contributed by atoms with Crippen molar-refractivity contribution < 1.29 is 23.9 Å². The van der Waals surface area contributed by atoms with Crippen molar-refractivity contribution in [3.63, 3.8) is 0 Å². The summed E-state index contributed by atoms with van der Waals surface area (Å²) in [5.74, 6) is 0.588. The van der Waals surface area contributed by atoms with E-state index in [1.807, 2.05) is 18.2 Å². The summed E-state index contributed by atoms with van der Waals surface area (Å²) in [7, 11) is 3.18. The molecule has 0 aliphatic carbocycles. The summed E-state index contributed by atoms with van der Waals surface area (Å²) in [4.78, 5) is 40.0. The number of hydrogen-bond acceptors (Lipinski definition) is 5. The van der Waals surface area contributed by atoms with E-state index in [1.165, 1.54) is 0 Å². The van der Waals surface area contributed by atoms with Gasteiger partial charge in [-0.1, -0.05) is 6.07 Å². The van der Waals surface area contributed by atoms with Gasteiger partial charge in [0.25, 0.3) is 0 Å². The normalized spacial score (nSPS) is 20.1. The number of rotatable bonds is 7. The lowest BCUT2D eigenvalue weighted by atomic mass is 9.95. The fraction of sp³-hybridized carbons (Fsp3) is 0.571.